The molecule has 1 N–H and O–H groups in total. The predicted molar refractivity (Wildman–Crippen MR) is 113 cm³/mol. The first-order valence-electron chi connectivity index (χ1n) is 8.82. The number of nitrogens with zero attached hydrogens (tertiary/aromatic N) is 4. The molecule has 134 valence electrons. The topological polar surface area (TPSA) is 63.6 Å². The van der Waals surface area contributed by atoms with E-state index in [4.69, 9.17) is 0 Å². The van der Waals surface area contributed by atoms with Gasteiger partial charge in [0.2, 0.25) is 0 Å². The Morgan fingerprint density at radius 3 is 2.61 bits per heavy atom. The maximum Gasteiger partial charge on any atom is 0.160 e. The van der Waals surface area contributed by atoms with Gasteiger partial charge in [-0.25, -0.2) is 0 Å². The molecular formula is C22H15N5S. The number of nitrogens with one attached hydrogen (secondary N) is 1. The molecule has 5 aromatic rings. The summed E-state index contributed by atoms with van der Waals surface area (Å²) in [4.78, 5) is 11.1. The molecule has 0 aliphatic rings. The Morgan fingerprint density at radius 1 is 0.786 bits per heavy atom. The van der Waals surface area contributed by atoms with E-state index in [0.29, 0.717) is 0 Å². The van der Waals surface area contributed by atoms with Gasteiger partial charge >= 0.3 is 0 Å². The highest BCUT2D eigenvalue weighted by Gasteiger charge is 2.06. The molecule has 2 aromatic carbocycles. The highest BCUT2D eigenvalue weighted by Crippen LogP contribution is 2.32. The molecule has 0 saturated heterocycles. The van der Waals surface area contributed by atoms with Gasteiger partial charge in [-0.15, -0.1) is 5.10 Å². The van der Waals surface area contributed by atoms with Gasteiger partial charge in [-0.05, 0) is 42.5 Å². The number of benzene rings is 2. The summed E-state index contributed by atoms with van der Waals surface area (Å²) in [6, 6.07) is 22.2. The Bertz CT molecular complexity index is 1160. The lowest BCUT2D eigenvalue weighted by atomic mass is 10.2. The lowest BCUT2D eigenvalue weighted by Gasteiger charge is -2.09. The zero-order chi connectivity index (χ0) is 18.8. The smallest absolute Gasteiger partial charge is 0.160 e. The molecule has 5 rings (SSSR count). The molecule has 6 heteroatoms. The largest absolute Gasteiger partial charge is 0.338 e. The maximum atomic E-state index is 4.47. The summed E-state index contributed by atoms with van der Waals surface area (Å²) < 4.78 is 0. The van der Waals surface area contributed by atoms with Crippen molar-refractivity contribution in [2.75, 3.05) is 5.32 Å². The van der Waals surface area contributed by atoms with Crippen LogP contribution in [0.1, 0.15) is 0 Å². The number of aromatic nitrogens is 4. The van der Waals surface area contributed by atoms with Gasteiger partial charge in [0.05, 0.1) is 11.7 Å². The minimum atomic E-state index is 0.753. The van der Waals surface area contributed by atoms with Gasteiger partial charge in [0.1, 0.15) is 5.52 Å². The molecule has 0 aliphatic heterocycles. The number of pyridine rings is 2. The average molecular weight is 381 g/mol. The van der Waals surface area contributed by atoms with E-state index in [2.05, 4.69) is 37.6 Å². The molecule has 5 nitrogen and oxygen atoms in total. The summed E-state index contributed by atoms with van der Waals surface area (Å²) in [5.41, 5.74) is 2.79. The first-order valence-corrected chi connectivity index (χ1v) is 9.63. The van der Waals surface area contributed by atoms with E-state index in [1.165, 1.54) is 0 Å². The van der Waals surface area contributed by atoms with Crippen molar-refractivity contribution in [2.45, 2.75) is 9.79 Å². The Morgan fingerprint density at radius 2 is 1.68 bits per heavy atom. The van der Waals surface area contributed by atoms with Crippen LogP contribution in [0.3, 0.4) is 0 Å². The lowest BCUT2D eigenvalue weighted by Crippen LogP contribution is -1.96. The van der Waals surface area contributed by atoms with E-state index in [9.17, 15) is 0 Å². The fourth-order valence-corrected chi connectivity index (χ4v) is 3.94. The molecular weight excluding hydrogens is 366 g/mol. The monoisotopic (exact) mass is 381 g/mol. The third-order valence-electron chi connectivity index (χ3n) is 4.37. The predicted octanol–water partition coefficient (Wildman–Crippen LogP) is 5.47. The molecule has 0 fully saturated rings. The van der Waals surface area contributed by atoms with Crippen LogP contribution in [0.4, 0.5) is 11.5 Å². The molecule has 0 atom stereocenters. The van der Waals surface area contributed by atoms with Crippen LogP contribution < -0.4 is 5.32 Å². The third kappa shape index (κ3) is 3.25. The van der Waals surface area contributed by atoms with Crippen LogP contribution in [0.25, 0.3) is 21.8 Å². The summed E-state index contributed by atoms with van der Waals surface area (Å²) in [6.07, 6.45) is 5.39. The van der Waals surface area contributed by atoms with Gasteiger partial charge in [0.25, 0.3) is 0 Å². The van der Waals surface area contributed by atoms with Crippen LogP contribution in [-0.2, 0) is 0 Å². The normalized spacial score (nSPS) is 11.0. The molecule has 28 heavy (non-hydrogen) atoms. The number of rotatable bonds is 4. The summed E-state index contributed by atoms with van der Waals surface area (Å²) >= 11 is 1.68. The second-order valence-electron chi connectivity index (χ2n) is 6.21. The Kier molecular flexibility index (Phi) is 4.31. The van der Waals surface area contributed by atoms with E-state index in [1.54, 1.807) is 24.2 Å². The van der Waals surface area contributed by atoms with Gasteiger partial charge in [-0.3, -0.25) is 9.97 Å². The summed E-state index contributed by atoms with van der Waals surface area (Å²) in [5, 5.41) is 13.8. The van der Waals surface area contributed by atoms with Crippen LogP contribution in [0, 0.1) is 0 Å². The Hall–Kier alpha value is -3.51. The van der Waals surface area contributed by atoms with Gasteiger partial charge in [-0.1, -0.05) is 36.0 Å². The highest BCUT2D eigenvalue weighted by molar-refractivity contribution is 7.99. The van der Waals surface area contributed by atoms with Crippen molar-refractivity contribution in [1.82, 2.24) is 20.2 Å². The van der Waals surface area contributed by atoms with Crippen LogP contribution >= 0.6 is 11.8 Å². The number of anilines is 2. The van der Waals surface area contributed by atoms with Crippen molar-refractivity contribution in [3.8, 4) is 0 Å². The van der Waals surface area contributed by atoms with Crippen molar-refractivity contribution >= 4 is 45.1 Å². The van der Waals surface area contributed by atoms with Crippen molar-refractivity contribution in [1.29, 1.82) is 0 Å². The second-order valence-corrected chi connectivity index (χ2v) is 7.33. The fraction of sp³-hybridized carbons (Fsp3) is 0. The maximum absolute atomic E-state index is 4.47. The van der Waals surface area contributed by atoms with Gasteiger partial charge in [-0.2, -0.15) is 5.10 Å². The van der Waals surface area contributed by atoms with Crippen molar-refractivity contribution in [3.63, 3.8) is 0 Å². The molecule has 0 spiro atoms. The first-order chi connectivity index (χ1) is 13.9. The number of hydrogen-bond donors (Lipinski definition) is 1. The van der Waals surface area contributed by atoms with Gasteiger partial charge < -0.3 is 5.32 Å². The van der Waals surface area contributed by atoms with Crippen LogP contribution in [0.5, 0.6) is 0 Å². The molecule has 0 unspecified atom stereocenters. The van der Waals surface area contributed by atoms with Crippen LogP contribution in [-0.4, -0.2) is 20.2 Å². The molecule has 0 saturated carbocycles. The standard InChI is InChI=1S/C22H15N5S/c1-2-5-18-15(4-1)14-25-27-22(18)26-16-7-9-17(10-8-16)28-20-11-13-23-19-6-3-12-24-21(19)20/h1-14H,(H,26,27). The quantitative estimate of drug-likeness (QED) is 0.445. The summed E-state index contributed by atoms with van der Waals surface area (Å²) in [5.74, 6) is 0.753. The number of fused-ring (bicyclic) bond motifs is 2. The van der Waals surface area contributed by atoms with Crippen LogP contribution in [0.15, 0.2) is 95.1 Å². The Labute approximate surface area is 165 Å². The van der Waals surface area contributed by atoms with Crippen LogP contribution in [0.2, 0.25) is 0 Å². The zero-order valence-electron chi connectivity index (χ0n) is 14.8. The molecule has 0 radical (unpaired) electrons. The van der Waals surface area contributed by atoms with E-state index in [-0.39, 0.29) is 0 Å². The van der Waals surface area contributed by atoms with E-state index >= 15 is 0 Å². The fourth-order valence-electron chi connectivity index (χ4n) is 3.03. The third-order valence-corrected chi connectivity index (χ3v) is 5.43. The lowest BCUT2D eigenvalue weighted by molar-refractivity contribution is 1.05. The second kappa shape index (κ2) is 7.25. The minimum absolute atomic E-state index is 0.753. The SMILES string of the molecule is c1ccc2c(Nc3ccc(Sc4ccnc5cccnc45)cc3)nncc2c1. The van der Waals surface area contributed by atoms with Gasteiger partial charge in [0.15, 0.2) is 5.82 Å². The summed E-state index contributed by atoms with van der Waals surface area (Å²) in [6.45, 7) is 0. The molecule has 3 heterocycles. The zero-order valence-corrected chi connectivity index (χ0v) is 15.6. The average Bonchev–Trinajstić information content (AvgIpc) is 2.76. The molecule has 0 bridgehead atoms. The first kappa shape index (κ1) is 16.6. The van der Waals surface area contributed by atoms with E-state index in [1.807, 2.05) is 60.8 Å². The molecule has 0 amide bonds. The summed E-state index contributed by atoms with van der Waals surface area (Å²) in [7, 11) is 0. The van der Waals surface area contributed by atoms with Crippen molar-refractivity contribution in [3.05, 3.63) is 85.3 Å². The number of hydrogen-bond acceptors (Lipinski definition) is 6. The Balaban J connectivity index is 1.40. The van der Waals surface area contributed by atoms with E-state index < -0.39 is 0 Å². The molecule has 3 aromatic heterocycles. The molecule has 0 aliphatic carbocycles. The highest BCUT2D eigenvalue weighted by atomic mass is 32.2. The minimum Gasteiger partial charge on any atom is -0.338 e. The van der Waals surface area contributed by atoms with E-state index in [0.717, 1.165) is 43.1 Å². The van der Waals surface area contributed by atoms with Crippen molar-refractivity contribution < 1.29 is 0 Å². The van der Waals surface area contributed by atoms with Gasteiger partial charge in [0, 0.05) is 38.6 Å². The van der Waals surface area contributed by atoms with Crippen molar-refractivity contribution in [2.24, 2.45) is 0 Å².